The first kappa shape index (κ1) is 12.0. The van der Waals surface area contributed by atoms with E-state index in [1.165, 1.54) is 6.42 Å². The molecule has 0 aliphatic carbocycles. The fourth-order valence-electron chi connectivity index (χ4n) is 2.17. The van der Waals surface area contributed by atoms with Crippen LogP contribution < -0.4 is 10.6 Å². The molecule has 17 heavy (non-hydrogen) atoms. The van der Waals surface area contributed by atoms with E-state index in [4.69, 9.17) is 0 Å². The van der Waals surface area contributed by atoms with Crippen LogP contribution in [0.5, 0.6) is 0 Å². The summed E-state index contributed by atoms with van der Waals surface area (Å²) in [5, 5.41) is 6.38. The molecule has 0 radical (unpaired) electrons. The zero-order valence-corrected chi connectivity index (χ0v) is 10.2. The summed E-state index contributed by atoms with van der Waals surface area (Å²) in [6.07, 6.45) is 5.62. The Morgan fingerprint density at radius 2 is 2.29 bits per heavy atom. The average molecular weight is 233 g/mol. The highest BCUT2D eigenvalue weighted by molar-refractivity contribution is 5.93. The van der Waals surface area contributed by atoms with Gasteiger partial charge in [0.25, 0.3) is 5.91 Å². The fourth-order valence-corrected chi connectivity index (χ4v) is 2.17. The summed E-state index contributed by atoms with van der Waals surface area (Å²) in [4.78, 5) is 15.8. The van der Waals surface area contributed by atoms with Crippen LogP contribution in [-0.2, 0) is 0 Å². The molecule has 1 saturated heterocycles. The van der Waals surface area contributed by atoms with Crippen LogP contribution in [0.2, 0.25) is 0 Å². The molecule has 1 aliphatic rings. The second-order valence-electron chi connectivity index (χ2n) is 5.01. The Balaban J connectivity index is 1.87. The van der Waals surface area contributed by atoms with Gasteiger partial charge >= 0.3 is 0 Å². The minimum absolute atomic E-state index is 0.0146. The maximum Gasteiger partial charge on any atom is 0.251 e. The van der Waals surface area contributed by atoms with Crippen molar-refractivity contribution in [2.24, 2.45) is 5.41 Å². The van der Waals surface area contributed by atoms with Crippen molar-refractivity contribution >= 4 is 5.91 Å². The molecule has 0 saturated carbocycles. The smallest absolute Gasteiger partial charge is 0.251 e. The van der Waals surface area contributed by atoms with E-state index in [0.29, 0.717) is 5.56 Å². The lowest BCUT2D eigenvalue weighted by Gasteiger charge is -2.34. The molecular formula is C13H19N3O. The highest BCUT2D eigenvalue weighted by Crippen LogP contribution is 2.24. The van der Waals surface area contributed by atoms with Crippen molar-refractivity contribution in [2.45, 2.75) is 19.8 Å². The largest absolute Gasteiger partial charge is 0.351 e. The molecule has 1 aromatic heterocycles. The number of hydrogen-bond acceptors (Lipinski definition) is 3. The third kappa shape index (κ3) is 3.27. The summed E-state index contributed by atoms with van der Waals surface area (Å²) in [5.74, 6) is -0.0146. The molecule has 92 valence electrons. The maximum absolute atomic E-state index is 11.9. The van der Waals surface area contributed by atoms with Crippen molar-refractivity contribution in [1.29, 1.82) is 0 Å². The summed E-state index contributed by atoms with van der Waals surface area (Å²) in [5.41, 5.74) is 0.855. The second kappa shape index (κ2) is 5.27. The predicted molar refractivity (Wildman–Crippen MR) is 66.8 cm³/mol. The van der Waals surface area contributed by atoms with E-state index in [0.717, 1.165) is 26.1 Å². The summed E-state index contributed by atoms with van der Waals surface area (Å²) < 4.78 is 0. The third-order valence-electron chi connectivity index (χ3n) is 3.30. The van der Waals surface area contributed by atoms with Gasteiger partial charge in [-0.15, -0.1) is 0 Å². The monoisotopic (exact) mass is 233 g/mol. The Morgan fingerprint density at radius 3 is 2.94 bits per heavy atom. The molecule has 1 fully saturated rings. The molecule has 1 unspecified atom stereocenters. The quantitative estimate of drug-likeness (QED) is 0.825. The van der Waals surface area contributed by atoms with Gasteiger partial charge in [0.1, 0.15) is 0 Å². The Hall–Kier alpha value is -1.42. The lowest BCUT2D eigenvalue weighted by molar-refractivity contribution is 0.0924. The number of nitrogens with zero attached hydrogens (tertiary/aromatic N) is 1. The second-order valence-corrected chi connectivity index (χ2v) is 5.01. The van der Waals surface area contributed by atoms with E-state index >= 15 is 0 Å². The molecule has 4 nitrogen and oxygen atoms in total. The SMILES string of the molecule is CC1(CNC(=O)c2ccncc2)CCCNC1. The first-order chi connectivity index (χ1) is 8.20. The number of rotatable bonds is 3. The van der Waals surface area contributed by atoms with Gasteiger partial charge < -0.3 is 10.6 Å². The van der Waals surface area contributed by atoms with Crippen LogP contribution >= 0.6 is 0 Å². The highest BCUT2D eigenvalue weighted by atomic mass is 16.1. The molecule has 1 aromatic rings. The van der Waals surface area contributed by atoms with Crippen LogP contribution in [0.1, 0.15) is 30.1 Å². The van der Waals surface area contributed by atoms with Crippen LogP contribution in [0.15, 0.2) is 24.5 Å². The first-order valence-electron chi connectivity index (χ1n) is 6.09. The molecule has 0 bridgehead atoms. The number of pyridine rings is 1. The summed E-state index contributed by atoms with van der Waals surface area (Å²) in [7, 11) is 0. The number of piperidine rings is 1. The Morgan fingerprint density at radius 1 is 1.53 bits per heavy atom. The third-order valence-corrected chi connectivity index (χ3v) is 3.30. The summed E-state index contributed by atoms with van der Waals surface area (Å²) in [6.45, 7) is 5.00. The lowest BCUT2D eigenvalue weighted by Crippen LogP contribution is -2.45. The van der Waals surface area contributed by atoms with Crippen LogP contribution in [0.4, 0.5) is 0 Å². The van der Waals surface area contributed by atoms with Crippen molar-refractivity contribution in [3.63, 3.8) is 0 Å². The van der Waals surface area contributed by atoms with Crippen molar-refractivity contribution in [3.8, 4) is 0 Å². The van der Waals surface area contributed by atoms with Crippen LogP contribution in [0.3, 0.4) is 0 Å². The van der Waals surface area contributed by atoms with Gasteiger partial charge in [-0.2, -0.15) is 0 Å². The molecule has 1 aliphatic heterocycles. The average Bonchev–Trinajstić information content (AvgIpc) is 2.38. The Labute approximate surface area is 102 Å². The molecule has 1 amide bonds. The van der Waals surface area contributed by atoms with Crippen molar-refractivity contribution in [2.75, 3.05) is 19.6 Å². The van der Waals surface area contributed by atoms with E-state index in [1.54, 1.807) is 24.5 Å². The van der Waals surface area contributed by atoms with Gasteiger partial charge in [-0.1, -0.05) is 6.92 Å². The van der Waals surface area contributed by atoms with Gasteiger partial charge in [-0.05, 0) is 36.9 Å². The van der Waals surface area contributed by atoms with E-state index in [-0.39, 0.29) is 11.3 Å². The van der Waals surface area contributed by atoms with Crippen LogP contribution in [0, 0.1) is 5.41 Å². The zero-order valence-electron chi connectivity index (χ0n) is 10.2. The Bertz CT molecular complexity index is 372. The number of amides is 1. The number of nitrogens with one attached hydrogen (secondary N) is 2. The summed E-state index contributed by atoms with van der Waals surface area (Å²) in [6, 6.07) is 3.47. The van der Waals surface area contributed by atoms with E-state index in [1.807, 2.05) is 0 Å². The van der Waals surface area contributed by atoms with E-state index in [9.17, 15) is 4.79 Å². The van der Waals surface area contributed by atoms with E-state index in [2.05, 4.69) is 22.5 Å². The number of hydrogen-bond donors (Lipinski definition) is 2. The standard InChI is InChI=1S/C13H19N3O/c1-13(5-2-6-15-9-13)10-16-12(17)11-3-7-14-8-4-11/h3-4,7-8,15H,2,5-6,9-10H2,1H3,(H,16,17). The lowest BCUT2D eigenvalue weighted by atomic mass is 9.83. The van der Waals surface area contributed by atoms with Crippen LogP contribution in [0.25, 0.3) is 0 Å². The van der Waals surface area contributed by atoms with Crippen molar-refractivity contribution in [3.05, 3.63) is 30.1 Å². The number of carbonyl (C=O) groups is 1. The van der Waals surface area contributed by atoms with Gasteiger partial charge in [-0.3, -0.25) is 9.78 Å². The fraction of sp³-hybridized carbons (Fsp3) is 0.538. The van der Waals surface area contributed by atoms with Gasteiger partial charge in [0, 0.05) is 31.0 Å². The summed E-state index contributed by atoms with van der Waals surface area (Å²) >= 11 is 0. The molecule has 2 heterocycles. The van der Waals surface area contributed by atoms with Gasteiger partial charge in [0.05, 0.1) is 0 Å². The molecule has 0 aromatic carbocycles. The number of aromatic nitrogens is 1. The van der Waals surface area contributed by atoms with Gasteiger partial charge in [0.2, 0.25) is 0 Å². The number of carbonyl (C=O) groups excluding carboxylic acids is 1. The molecule has 4 heteroatoms. The van der Waals surface area contributed by atoms with Crippen molar-refractivity contribution < 1.29 is 4.79 Å². The maximum atomic E-state index is 11.9. The van der Waals surface area contributed by atoms with Gasteiger partial charge in [-0.25, -0.2) is 0 Å². The van der Waals surface area contributed by atoms with Gasteiger partial charge in [0.15, 0.2) is 0 Å². The Kier molecular flexibility index (Phi) is 3.74. The van der Waals surface area contributed by atoms with Crippen LogP contribution in [-0.4, -0.2) is 30.5 Å². The topological polar surface area (TPSA) is 54.0 Å². The normalized spacial score (nSPS) is 24.3. The molecule has 1 atom stereocenters. The molecular weight excluding hydrogens is 214 g/mol. The van der Waals surface area contributed by atoms with Crippen molar-refractivity contribution in [1.82, 2.24) is 15.6 Å². The highest BCUT2D eigenvalue weighted by Gasteiger charge is 2.27. The first-order valence-corrected chi connectivity index (χ1v) is 6.09. The zero-order chi connectivity index (χ0) is 12.1. The van der Waals surface area contributed by atoms with E-state index < -0.39 is 0 Å². The minimum Gasteiger partial charge on any atom is -0.351 e. The molecule has 2 N–H and O–H groups in total. The predicted octanol–water partition coefficient (Wildman–Crippen LogP) is 1.20. The molecule has 2 rings (SSSR count). The molecule has 0 spiro atoms. The minimum atomic E-state index is -0.0146.